The van der Waals surface area contributed by atoms with Gasteiger partial charge in [-0.1, -0.05) is 25.1 Å². The molecule has 0 aliphatic rings. The Labute approximate surface area is 146 Å². The summed E-state index contributed by atoms with van der Waals surface area (Å²) >= 11 is 1.46. The summed E-state index contributed by atoms with van der Waals surface area (Å²) < 4.78 is 10.5. The van der Waals surface area contributed by atoms with Crippen LogP contribution in [0.4, 0.5) is 5.69 Å². The first-order chi connectivity index (χ1) is 11.6. The van der Waals surface area contributed by atoms with Gasteiger partial charge < -0.3 is 14.8 Å². The molecule has 1 amide bonds. The normalized spacial score (nSPS) is 10.3. The number of nitrogens with zero attached hydrogens (tertiary/aromatic N) is 2. The van der Waals surface area contributed by atoms with Gasteiger partial charge in [-0.3, -0.25) is 4.79 Å². The second-order valence-electron chi connectivity index (χ2n) is 4.99. The number of aryl methyl sites for hydroxylation is 1. The Hall–Kier alpha value is -2.28. The molecule has 1 heterocycles. The van der Waals surface area contributed by atoms with Crippen molar-refractivity contribution in [1.82, 2.24) is 9.97 Å². The lowest BCUT2D eigenvalue weighted by atomic mass is 10.1. The molecular formula is C17H21N3O3S. The second kappa shape index (κ2) is 8.54. The largest absolute Gasteiger partial charge is 0.497 e. The van der Waals surface area contributed by atoms with Gasteiger partial charge in [-0.25, -0.2) is 9.97 Å². The molecule has 0 saturated carbocycles. The number of rotatable bonds is 7. The maximum Gasteiger partial charge on any atom is 0.259 e. The molecule has 2 rings (SSSR count). The smallest absolute Gasteiger partial charge is 0.259 e. The number of hydrogen-bond acceptors (Lipinski definition) is 6. The molecule has 0 saturated heterocycles. The number of anilines is 1. The average molecular weight is 347 g/mol. The van der Waals surface area contributed by atoms with Gasteiger partial charge in [0.2, 0.25) is 0 Å². The van der Waals surface area contributed by atoms with Gasteiger partial charge in [0.25, 0.3) is 5.91 Å². The third-order valence-electron chi connectivity index (χ3n) is 3.42. The number of benzene rings is 1. The van der Waals surface area contributed by atoms with Crippen LogP contribution in [0.3, 0.4) is 0 Å². The van der Waals surface area contributed by atoms with Crippen LogP contribution in [0.15, 0.2) is 29.6 Å². The fraction of sp³-hybridized carbons (Fsp3) is 0.353. The van der Waals surface area contributed by atoms with Crippen molar-refractivity contribution in [3.63, 3.8) is 0 Å². The standard InChI is InChI=1S/C17H21N3O3S/c1-5-6-13-12(10-18-17(20-13)24-4)16(21)19-14-8-7-11(22-2)9-15(14)23-3/h7-10H,5-6H2,1-4H3,(H,19,21). The van der Waals surface area contributed by atoms with Crippen LogP contribution < -0.4 is 14.8 Å². The number of ether oxygens (including phenoxy) is 2. The molecule has 0 fully saturated rings. The molecule has 0 atom stereocenters. The van der Waals surface area contributed by atoms with E-state index in [1.807, 2.05) is 6.26 Å². The van der Waals surface area contributed by atoms with Crippen molar-refractivity contribution < 1.29 is 14.3 Å². The van der Waals surface area contributed by atoms with E-state index in [4.69, 9.17) is 9.47 Å². The Morgan fingerprint density at radius 1 is 1.29 bits per heavy atom. The number of nitrogens with one attached hydrogen (secondary N) is 1. The Morgan fingerprint density at radius 3 is 2.71 bits per heavy atom. The zero-order chi connectivity index (χ0) is 17.5. The molecule has 0 unspecified atom stereocenters. The number of methoxy groups -OCH3 is 2. The zero-order valence-corrected chi connectivity index (χ0v) is 15.1. The number of carbonyl (C=O) groups excluding carboxylic acids is 1. The van der Waals surface area contributed by atoms with E-state index < -0.39 is 0 Å². The average Bonchev–Trinajstić information content (AvgIpc) is 2.62. The summed E-state index contributed by atoms with van der Waals surface area (Å²) in [4.78, 5) is 21.3. The van der Waals surface area contributed by atoms with Crippen LogP contribution in [0.1, 0.15) is 29.4 Å². The zero-order valence-electron chi connectivity index (χ0n) is 14.3. The molecule has 0 aliphatic heterocycles. The van der Waals surface area contributed by atoms with Crippen LogP contribution >= 0.6 is 11.8 Å². The highest BCUT2D eigenvalue weighted by Gasteiger charge is 2.16. The maximum absolute atomic E-state index is 12.6. The molecule has 0 aliphatic carbocycles. The number of amides is 1. The lowest BCUT2D eigenvalue weighted by Gasteiger charge is -2.13. The third-order valence-corrected chi connectivity index (χ3v) is 3.98. The molecule has 0 spiro atoms. The Morgan fingerprint density at radius 2 is 2.08 bits per heavy atom. The van der Waals surface area contributed by atoms with Crippen LogP contribution in [0.5, 0.6) is 11.5 Å². The van der Waals surface area contributed by atoms with E-state index in [1.165, 1.54) is 11.8 Å². The second-order valence-corrected chi connectivity index (χ2v) is 5.76. The van der Waals surface area contributed by atoms with Crippen LogP contribution in [0.2, 0.25) is 0 Å². The van der Waals surface area contributed by atoms with Gasteiger partial charge in [0.05, 0.1) is 31.2 Å². The number of aromatic nitrogens is 2. The molecule has 1 N–H and O–H groups in total. The van der Waals surface area contributed by atoms with Crippen molar-refractivity contribution in [3.8, 4) is 11.5 Å². The first kappa shape index (κ1) is 18.1. The lowest BCUT2D eigenvalue weighted by molar-refractivity contribution is 0.102. The Kier molecular flexibility index (Phi) is 6.43. The van der Waals surface area contributed by atoms with E-state index in [9.17, 15) is 4.79 Å². The molecule has 1 aromatic heterocycles. The highest BCUT2D eigenvalue weighted by molar-refractivity contribution is 7.98. The van der Waals surface area contributed by atoms with E-state index in [0.29, 0.717) is 27.9 Å². The van der Waals surface area contributed by atoms with Crippen molar-refractivity contribution in [1.29, 1.82) is 0 Å². The summed E-state index contributed by atoms with van der Waals surface area (Å²) in [5.74, 6) is 0.931. The van der Waals surface area contributed by atoms with Crippen molar-refractivity contribution in [2.24, 2.45) is 0 Å². The molecule has 128 valence electrons. The molecule has 1 aromatic carbocycles. The summed E-state index contributed by atoms with van der Waals surface area (Å²) in [5, 5.41) is 3.52. The topological polar surface area (TPSA) is 73.3 Å². The number of hydrogen-bond donors (Lipinski definition) is 1. The van der Waals surface area contributed by atoms with Crippen molar-refractivity contribution in [2.45, 2.75) is 24.9 Å². The highest BCUT2D eigenvalue weighted by Crippen LogP contribution is 2.29. The number of thioether (sulfide) groups is 1. The van der Waals surface area contributed by atoms with Crippen LogP contribution in [-0.2, 0) is 6.42 Å². The van der Waals surface area contributed by atoms with Crippen molar-refractivity contribution in [3.05, 3.63) is 35.7 Å². The summed E-state index contributed by atoms with van der Waals surface area (Å²) in [6.07, 6.45) is 5.11. The van der Waals surface area contributed by atoms with Crippen LogP contribution in [-0.4, -0.2) is 36.4 Å². The minimum Gasteiger partial charge on any atom is -0.497 e. The molecule has 0 radical (unpaired) electrons. The fourth-order valence-corrected chi connectivity index (χ4v) is 2.57. The summed E-state index contributed by atoms with van der Waals surface area (Å²) in [6.45, 7) is 2.05. The van der Waals surface area contributed by atoms with E-state index >= 15 is 0 Å². The molecular weight excluding hydrogens is 326 g/mol. The fourth-order valence-electron chi connectivity index (χ4n) is 2.21. The Balaban J connectivity index is 2.29. The van der Waals surface area contributed by atoms with Gasteiger partial charge >= 0.3 is 0 Å². The summed E-state index contributed by atoms with van der Waals surface area (Å²) in [7, 11) is 3.12. The minimum atomic E-state index is -0.255. The Bertz CT molecular complexity index is 722. The van der Waals surface area contributed by atoms with E-state index in [2.05, 4.69) is 22.2 Å². The SMILES string of the molecule is CCCc1nc(SC)ncc1C(=O)Nc1ccc(OC)cc1OC. The minimum absolute atomic E-state index is 0.255. The highest BCUT2D eigenvalue weighted by atomic mass is 32.2. The molecule has 2 aromatic rings. The summed E-state index contributed by atoms with van der Waals surface area (Å²) in [5.41, 5.74) is 1.80. The molecule has 24 heavy (non-hydrogen) atoms. The number of carbonyl (C=O) groups is 1. The van der Waals surface area contributed by atoms with Crippen LogP contribution in [0.25, 0.3) is 0 Å². The van der Waals surface area contributed by atoms with E-state index in [-0.39, 0.29) is 5.91 Å². The third kappa shape index (κ3) is 4.17. The monoisotopic (exact) mass is 347 g/mol. The quantitative estimate of drug-likeness (QED) is 0.611. The first-order valence-corrected chi connectivity index (χ1v) is 8.78. The molecule has 7 heteroatoms. The predicted molar refractivity (Wildman–Crippen MR) is 95.3 cm³/mol. The van der Waals surface area contributed by atoms with Gasteiger partial charge in [0, 0.05) is 12.3 Å². The van der Waals surface area contributed by atoms with Gasteiger partial charge in [0.1, 0.15) is 11.5 Å². The van der Waals surface area contributed by atoms with Crippen molar-refractivity contribution >= 4 is 23.4 Å². The molecule has 6 nitrogen and oxygen atoms in total. The van der Waals surface area contributed by atoms with Gasteiger partial charge in [0.15, 0.2) is 5.16 Å². The summed E-state index contributed by atoms with van der Waals surface area (Å²) in [6, 6.07) is 5.22. The maximum atomic E-state index is 12.6. The van der Waals surface area contributed by atoms with E-state index in [1.54, 1.807) is 38.6 Å². The van der Waals surface area contributed by atoms with Crippen molar-refractivity contribution in [2.75, 3.05) is 25.8 Å². The first-order valence-electron chi connectivity index (χ1n) is 7.56. The van der Waals surface area contributed by atoms with Gasteiger partial charge in [-0.15, -0.1) is 0 Å². The van der Waals surface area contributed by atoms with E-state index in [0.717, 1.165) is 18.5 Å². The van der Waals surface area contributed by atoms with Gasteiger partial charge in [-0.2, -0.15) is 0 Å². The predicted octanol–water partition coefficient (Wildman–Crippen LogP) is 3.42. The lowest BCUT2D eigenvalue weighted by Crippen LogP contribution is -2.16. The van der Waals surface area contributed by atoms with Gasteiger partial charge in [-0.05, 0) is 24.8 Å². The van der Waals surface area contributed by atoms with Crippen LogP contribution in [0, 0.1) is 0 Å². The molecule has 0 bridgehead atoms.